The minimum Gasteiger partial charge on any atom is -0.0847 e. The van der Waals surface area contributed by atoms with Crippen LogP contribution in [0.2, 0.25) is 0 Å². The topological polar surface area (TPSA) is 0 Å². The Bertz CT molecular complexity index is 1410. The lowest BCUT2D eigenvalue weighted by atomic mass is 9.43. The minimum atomic E-state index is -1.78. The molecule has 0 saturated heterocycles. The zero-order chi connectivity index (χ0) is 34.3. The summed E-state index contributed by atoms with van der Waals surface area (Å²) in [7, 11) is -1.78. The largest absolute Gasteiger partial charge is 0.112 e. The van der Waals surface area contributed by atoms with Crippen molar-refractivity contribution in [1.29, 1.82) is 0 Å². The third-order valence-corrected chi connectivity index (χ3v) is 21.6. The number of alkyl halides is 1. The molecule has 0 spiro atoms. The van der Waals surface area contributed by atoms with Gasteiger partial charge in [-0.15, -0.1) is 0 Å². The van der Waals surface area contributed by atoms with Crippen molar-refractivity contribution < 1.29 is 0 Å². The Morgan fingerprint density at radius 2 is 1.27 bits per heavy atom. The van der Waals surface area contributed by atoms with Crippen LogP contribution in [-0.2, 0) is 0 Å². The van der Waals surface area contributed by atoms with Crippen LogP contribution in [0.25, 0.3) is 0 Å². The molecule has 7 rings (SSSR count). The maximum absolute atomic E-state index is 4.66. The van der Waals surface area contributed by atoms with E-state index in [1.165, 1.54) is 106 Å². The lowest BCUT2D eigenvalue weighted by Gasteiger charge is -2.64. The normalized spacial score (nSPS) is 35.0. The van der Waals surface area contributed by atoms with Gasteiger partial charge < -0.3 is 0 Å². The molecule has 0 nitrogen and oxygen atoms in total. The number of halogens is 1. The van der Waals surface area contributed by atoms with Crippen LogP contribution in [0.5, 0.6) is 0 Å². The molecule has 4 fully saturated rings. The molecule has 0 amide bonds. The van der Waals surface area contributed by atoms with Crippen molar-refractivity contribution in [2.75, 3.05) is 6.16 Å². The van der Waals surface area contributed by atoms with E-state index in [9.17, 15) is 0 Å². The van der Waals surface area contributed by atoms with Crippen LogP contribution in [-0.4, -0.2) is 10.5 Å². The van der Waals surface area contributed by atoms with Gasteiger partial charge in [0.1, 0.15) is 23.2 Å². The molecule has 0 bridgehead atoms. The minimum absolute atomic E-state index is 0.299. The van der Waals surface area contributed by atoms with Gasteiger partial charge in [0, 0.05) is 4.32 Å². The van der Waals surface area contributed by atoms with Crippen LogP contribution in [0.3, 0.4) is 0 Å². The van der Waals surface area contributed by atoms with Crippen molar-refractivity contribution in [3.8, 4) is 0 Å². The lowest BCUT2D eigenvalue weighted by Crippen LogP contribution is -2.59. The van der Waals surface area contributed by atoms with E-state index in [0.717, 1.165) is 41.4 Å². The van der Waals surface area contributed by atoms with Crippen molar-refractivity contribution >= 4 is 39.1 Å². The smallest absolute Gasteiger partial charge is 0.0847 e. The number of fused-ring (bicyclic) bond motifs is 5. The fourth-order valence-electron chi connectivity index (χ4n) is 12.8. The number of rotatable bonds is 11. The SMILES string of the molecule is CC(C)CCC[C@@H](C)[C@H]1CC[C@H]2[C@@H]3CCC4(Br)CC(CC[P+](c5ccccc5)(c5ccccc5)c5ccccc5)CC[C@]4(C)[C@H]3CC[C@]12C. The standard InChI is InChI=1S/C47H65BrP/c1-35(2)16-15-17-36(3)42-24-25-43-41-27-32-47(48)34-37(26-31-46(47,5)44(41)28-30-45(42,43)4)29-33-49(38-18-9-6-10-19-38,39-20-11-7-12-21-39)40-22-13-8-14-23-40/h6-14,18-23,35-37,41-44H,15-17,24-34H2,1-5H3/q+1/t36-,37?,41+,42-,43+,44+,45-,46-,47?/m1/s1. The average Bonchev–Trinajstić information content (AvgIpc) is 3.47. The first kappa shape index (κ1) is 36.0. The van der Waals surface area contributed by atoms with Gasteiger partial charge in [-0.25, -0.2) is 0 Å². The third-order valence-electron chi connectivity index (χ3n) is 15.5. The predicted molar refractivity (Wildman–Crippen MR) is 219 cm³/mol. The zero-order valence-electron chi connectivity index (χ0n) is 31.4. The van der Waals surface area contributed by atoms with Gasteiger partial charge >= 0.3 is 0 Å². The quantitative estimate of drug-likeness (QED) is 0.136. The first-order valence-corrected chi connectivity index (χ1v) is 23.1. The summed E-state index contributed by atoms with van der Waals surface area (Å²) in [6, 6.07) is 34.7. The summed E-state index contributed by atoms with van der Waals surface area (Å²) in [5, 5.41) is 4.62. The van der Waals surface area contributed by atoms with Crippen molar-refractivity contribution in [2.45, 2.75) is 122 Å². The van der Waals surface area contributed by atoms with Gasteiger partial charge in [0.2, 0.25) is 0 Å². The molecule has 4 aliphatic rings. The summed E-state index contributed by atoms with van der Waals surface area (Å²) in [5.74, 6) is 6.29. The summed E-state index contributed by atoms with van der Waals surface area (Å²) in [6.45, 7) is 12.9. The second-order valence-corrected chi connectivity index (χ2v) is 23.4. The van der Waals surface area contributed by atoms with Crippen LogP contribution < -0.4 is 15.9 Å². The van der Waals surface area contributed by atoms with E-state index in [4.69, 9.17) is 0 Å². The monoisotopic (exact) mass is 739 g/mol. The van der Waals surface area contributed by atoms with Gasteiger partial charge in [-0.3, -0.25) is 0 Å². The van der Waals surface area contributed by atoms with E-state index in [1.807, 2.05) is 0 Å². The maximum Gasteiger partial charge on any atom is 0.112 e. The molecule has 0 N–H and O–H groups in total. The second kappa shape index (κ2) is 14.5. The van der Waals surface area contributed by atoms with E-state index < -0.39 is 7.26 Å². The number of hydrogen-bond donors (Lipinski definition) is 0. The molecule has 9 atom stereocenters. The number of hydrogen-bond acceptors (Lipinski definition) is 0. The van der Waals surface area contributed by atoms with E-state index in [1.54, 1.807) is 0 Å². The van der Waals surface area contributed by atoms with Crippen molar-refractivity contribution in [3.63, 3.8) is 0 Å². The highest BCUT2D eigenvalue weighted by Crippen LogP contribution is 2.71. The maximum atomic E-state index is 4.66. The molecule has 0 aliphatic heterocycles. The summed E-state index contributed by atoms with van der Waals surface area (Å²) >= 11 is 4.66. The predicted octanol–water partition coefficient (Wildman–Crippen LogP) is 12.6. The Balaban J connectivity index is 1.09. The Morgan fingerprint density at radius 3 is 1.84 bits per heavy atom. The molecule has 2 heteroatoms. The molecule has 3 aromatic rings. The van der Waals surface area contributed by atoms with Gasteiger partial charge in [-0.2, -0.15) is 0 Å². The number of benzene rings is 3. The van der Waals surface area contributed by atoms with Crippen molar-refractivity contribution in [1.82, 2.24) is 0 Å². The molecule has 264 valence electrons. The van der Waals surface area contributed by atoms with Gasteiger partial charge in [-0.05, 0) is 153 Å². The van der Waals surface area contributed by atoms with Crippen LogP contribution in [0, 0.1) is 52.3 Å². The fourth-order valence-corrected chi connectivity index (χ4v) is 18.5. The van der Waals surface area contributed by atoms with Gasteiger partial charge in [0.05, 0.1) is 6.16 Å². The molecule has 0 heterocycles. The first-order chi connectivity index (χ1) is 23.6. The Labute approximate surface area is 309 Å². The average molecular weight is 741 g/mol. The van der Waals surface area contributed by atoms with Crippen LogP contribution in [0.4, 0.5) is 0 Å². The Kier molecular flexibility index (Phi) is 10.7. The highest BCUT2D eigenvalue weighted by atomic mass is 79.9. The molecule has 49 heavy (non-hydrogen) atoms. The molecule has 0 aromatic heterocycles. The Hall–Kier alpha value is -1.43. The molecular formula is C47H65BrP+. The summed E-state index contributed by atoms with van der Waals surface area (Å²) in [6.07, 6.45) is 19.9. The molecule has 4 saturated carbocycles. The van der Waals surface area contributed by atoms with Crippen LogP contribution in [0.1, 0.15) is 118 Å². The summed E-state index contributed by atoms with van der Waals surface area (Å²) < 4.78 is 0.299. The molecular weight excluding hydrogens is 675 g/mol. The van der Waals surface area contributed by atoms with E-state index >= 15 is 0 Å². The fraction of sp³-hybridized carbons (Fsp3) is 0.617. The van der Waals surface area contributed by atoms with Gasteiger partial charge in [-0.1, -0.05) is 124 Å². The summed E-state index contributed by atoms with van der Waals surface area (Å²) in [5.41, 5.74) is 1.01. The summed E-state index contributed by atoms with van der Waals surface area (Å²) in [4.78, 5) is 0. The van der Waals surface area contributed by atoms with E-state index in [0.29, 0.717) is 15.2 Å². The van der Waals surface area contributed by atoms with Crippen LogP contribution >= 0.6 is 23.2 Å². The first-order valence-electron chi connectivity index (χ1n) is 20.3. The molecule has 0 radical (unpaired) electrons. The van der Waals surface area contributed by atoms with E-state index in [-0.39, 0.29) is 0 Å². The highest BCUT2D eigenvalue weighted by Gasteiger charge is 2.64. The van der Waals surface area contributed by atoms with Crippen molar-refractivity contribution in [2.24, 2.45) is 52.3 Å². The molecule has 3 aromatic carbocycles. The van der Waals surface area contributed by atoms with Gasteiger partial charge in [0.15, 0.2) is 0 Å². The van der Waals surface area contributed by atoms with Gasteiger partial charge in [0.25, 0.3) is 0 Å². The van der Waals surface area contributed by atoms with E-state index in [2.05, 4.69) is 142 Å². The Morgan fingerprint density at radius 1 is 0.673 bits per heavy atom. The third kappa shape index (κ3) is 6.47. The second-order valence-electron chi connectivity index (χ2n) is 18.3. The lowest BCUT2D eigenvalue weighted by molar-refractivity contribution is -0.107. The zero-order valence-corrected chi connectivity index (χ0v) is 33.9. The highest BCUT2D eigenvalue weighted by molar-refractivity contribution is 9.10. The van der Waals surface area contributed by atoms with Crippen LogP contribution in [0.15, 0.2) is 91.0 Å². The molecule has 4 aliphatic carbocycles. The molecule has 2 unspecified atom stereocenters. The van der Waals surface area contributed by atoms with Crippen molar-refractivity contribution in [3.05, 3.63) is 91.0 Å².